The van der Waals surface area contributed by atoms with Crippen LogP contribution in [-0.2, 0) is 28.9 Å². The van der Waals surface area contributed by atoms with Gasteiger partial charge in [-0.25, -0.2) is 14.7 Å². The molecule has 0 saturated heterocycles. The predicted molar refractivity (Wildman–Crippen MR) is 118 cm³/mol. The van der Waals surface area contributed by atoms with E-state index in [0.717, 1.165) is 29.8 Å². The molecule has 3 aromatic rings. The highest BCUT2D eigenvalue weighted by Gasteiger charge is 2.30. The Morgan fingerprint density at radius 2 is 1.68 bits per heavy atom. The quantitative estimate of drug-likeness (QED) is 0.533. The summed E-state index contributed by atoms with van der Waals surface area (Å²) in [7, 11) is 1.34. The highest BCUT2D eigenvalue weighted by Crippen LogP contribution is 2.21. The molecule has 7 nitrogen and oxygen atoms in total. The van der Waals surface area contributed by atoms with E-state index in [1.165, 1.54) is 12.7 Å². The summed E-state index contributed by atoms with van der Waals surface area (Å²) >= 11 is 0. The summed E-state index contributed by atoms with van der Waals surface area (Å²) in [4.78, 5) is 23.9. The zero-order chi connectivity index (χ0) is 22.4. The highest BCUT2D eigenvalue weighted by molar-refractivity contribution is 5.78. The molecule has 0 saturated carbocycles. The van der Waals surface area contributed by atoms with Crippen LogP contribution in [0.5, 0.6) is 5.75 Å². The molecule has 0 fully saturated rings. The van der Waals surface area contributed by atoms with Crippen molar-refractivity contribution in [2.45, 2.75) is 52.2 Å². The van der Waals surface area contributed by atoms with E-state index < -0.39 is 11.6 Å². The largest absolute Gasteiger partial charge is 0.476 e. The van der Waals surface area contributed by atoms with Crippen LogP contribution in [0, 0.1) is 6.92 Å². The van der Waals surface area contributed by atoms with Crippen molar-refractivity contribution in [1.82, 2.24) is 14.8 Å². The Bertz CT molecular complexity index is 1060. The lowest BCUT2D eigenvalue weighted by Crippen LogP contribution is -2.39. The van der Waals surface area contributed by atoms with Crippen LogP contribution in [0.3, 0.4) is 0 Å². The number of ether oxygens (including phenoxy) is 2. The minimum Gasteiger partial charge on any atom is -0.476 e. The number of carbonyl (C=O) groups is 1. The molecule has 1 aromatic heterocycles. The number of aromatic amines is 1. The Morgan fingerprint density at radius 1 is 1.03 bits per heavy atom. The summed E-state index contributed by atoms with van der Waals surface area (Å²) in [6, 6.07) is 15.8. The first-order chi connectivity index (χ1) is 14.8. The van der Waals surface area contributed by atoms with E-state index in [1.54, 1.807) is 18.4 Å². The van der Waals surface area contributed by atoms with Crippen molar-refractivity contribution in [3.05, 3.63) is 81.5 Å². The second-order valence-electron chi connectivity index (χ2n) is 8.12. The predicted octanol–water partition coefficient (Wildman–Crippen LogP) is 3.43. The third kappa shape index (κ3) is 5.84. The van der Waals surface area contributed by atoms with E-state index in [2.05, 4.69) is 10.2 Å². The molecular formula is C24H29N3O4. The average molecular weight is 424 g/mol. The van der Waals surface area contributed by atoms with E-state index in [0.29, 0.717) is 18.7 Å². The third-order valence-electron chi connectivity index (χ3n) is 5.14. The number of hydrogen-bond acceptors (Lipinski definition) is 5. The molecule has 0 aliphatic rings. The maximum absolute atomic E-state index is 12.2. The molecule has 0 aliphatic carbocycles. The molecule has 164 valence electrons. The summed E-state index contributed by atoms with van der Waals surface area (Å²) in [5.41, 5.74) is 2.17. The molecule has 31 heavy (non-hydrogen) atoms. The number of hydrogen-bond donors (Lipinski definition) is 1. The zero-order valence-electron chi connectivity index (χ0n) is 18.5. The summed E-state index contributed by atoms with van der Waals surface area (Å²) in [6.45, 7) is 5.89. The van der Waals surface area contributed by atoms with Crippen LogP contribution in [0.2, 0.25) is 0 Å². The fourth-order valence-corrected chi connectivity index (χ4v) is 3.34. The lowest BCUT2D eigenvalue weighted by molar-refractivity contribution is -0.156. The van der Waals surface area contributed by atoms with Gasteiger partial charge in [-0.05, 0) is 56.9 Å². The second-order valence-corrected chi connectivity index (χ2v) is 8.12. The van der Waals surface area contributed by atoms with E-state index in [-0.39, 0.29) is 5.69 Å². The fraction of sp³-hybridized carbons (Fsp3) is 0.375. The summed E-state index contributed by atoms with van der Waals surface area (Å²) in [5.74, 6) is 0.941. The number of nitrogens with zero attached hydrogens (tertiary/aromatic N) is 2. The van der Waals surface area contributed by atoms with Crippen LogP contribution in [0.4, 0.5) is 0 Å². The first-order valence-electron chi connectivity index (χ1n) is 10.3. The fourth-order valence-electron chi connectivity index (χ4n) is 3.34. The van der Waals surface area contributed by atoms with Crippen LogP contribution in [0.15, 0.2) is 53.3 Å². The number of benzene rings is 2. The molecule has 0 atom stereocenters. The van der Waals surface area contributed by atoms with Crippen molar-refractivity contribution in [1.29, 1.82) is 0 Å². The summed E-state index contributed by atoms with van der Waals surface area (Å²) in [5, 5.41) is 6.77. The van der Waals surface area contributed by atoms with Gasteiger partial charge in [-0.1, -0.05) is 42.0 Å². The molecule has 0 aliphatic heterocycles. The van der Waals surface area contributed by atoms with E-state index in [4.69, 9.17) is 9.47 Å². The Hall–Kier alpha value is -3.35. The highest BCUT2D eigenvalue weighted by atomic mass is 16.6. The van der Waals surface area contributed by atoms with Gasteiger partial charge in [0.1, 0.15) is 11.6 Å². The molecule has 3 rings (SSSR count). The van der Waals surface area contributed by atoms with Crippen molar-refractivity contribution in [2.75, 3.05) is 7.11 Å². The summed E-state index contributed by atoms with van der Waals surface area (Å²) < 4.78 is 12.2. The van der Waals surface area contributed by atoms with Gasteiger partial charge in [-0.15, -0.1) is 0 Å². The summed E-state index contributed by atoms with van der Waals surface area (Å²) in [6.07, 6.45) is 2.39. The minimum absolute atomic E-state index is 0.190. The van der Waals surface area contributed by atoms with Crippen molar-refractivity contribution < 1.29 is 14.3 Å². The normalized spacial score (nSPS) is 11.4. The van der Waals surface area contributed by atoms with Crippen molar-refractivity contribution in [3.8, 4) is 5.75 Å². The van der Waals surface area contributed by atoms with Crippen molar-refractivity contribution >= 4 is 5.97 Å². The average Bonchev–Trinajstić information content (AvgIpc) is 3.09. The van der Waals surface area contributed by atoms with Gasteiger partial charge in [0.25, 0.3) is 0 Å². The van der Waals surface area contributed by atoms with Crippen molar-refractivity contribution in [3.63, 3.8) is 0 Å². The number of carbonyl (C=O) groups excluding carboxylic acids is 1. The van der Waals surface area contributed by atoms with Crippen molar-refractivity contribution in [2.24, 2.45) is 0 Å². The molecular weight excluding hydrogens is 394 g/mol. The van der Waals surface area contributed by atoms with E-state index >= 15 is 0 Å². The number of aromatic nitrogens is 3. The molecule has 0 bridgehead atoms. The molecule has 0 unspecified atom stereocenters. The first-order valence-corrected chi connectivity index (χ1v) is 10.3. The number of aryl methyl sites for hydroxylation is 3. The van der Waals surface area contributed by atoms with Gasteiger partial charge < -0.3 is 9.47 Å². The van der Waals surface area contributed by atoms with Gasteiger partial charge in [0, 0.05) is 6.42 Å². The van der Waals surface area contributed by atoms with Crippen LogP contribution in [0.25, 0.3) is 0 Å². The zero-order valence-corrected chi connectivity index (χ0v) is 18.5. The van der Waals surface area contributed by atoms with Gasteiger partial charge in [-0.2, -0.15) is 5.10 Å². The number of methoxy groups -OCH3 is 1. The number of nitrogens with one attached hydrogen (secondary N) is 1. The number of esters is 1. The van der Waals surface area contributed by atoms with Gasteiger partial charge >= 0.3 is 11.7 Å². The van der Waals surface area contributed by atoms with Crippen LogP contribution in [-0.4, -0.2) is 33.4 Å². The standard InChI is InChI=1S/C24H29N3O4/c1-17-8-10-19(11-9-17)16-27-21(25-26-23(27)29)7-5-6-18-12-14-20(15-13-18)31-24(2,3)22(28)30-4/h8-15H,5-7,16H2,1-4H3,(H,26,29). The molecule has 0 radical (unpaired) electrons. The third-order valence-corrected chi connectivity index (χ3v) is 5.14. The maximum atomic E-state index is 12.2. The Labute approximate surface area is 182 Å². The Morgan fingerprint density at radius 3 is 2.32 bits per heavy atom. The monoisotopic (exact) mass is 423 g/mol. The molecule has 1 heterocycles. The van der Waals surface area contributed by atoms with Crippen LogP contribution in [0.1, 0.15) is 42.8 Å². The number of rotatable bonds is 9. The molecule has 0 amide bonds. The molecule has 2 aromatic carbocycles. The van der Waals surface area contributed by atoms with E-state index in [1.807, 2.05) is 55.5 Å². The van der Waals surface area contributed by atoms with E-state index in [9.17, 15) is 9.59 Å². The lowest BCUT2D eigenvalue weighted by Gasteiger charge is -2.23. The molecule has 7 heteroatoms. The minimum atomic E-state index is -1.04. The first kappa shape index (κ1) is 22.3. The Balaban J connectivity index is 1.57. The van der Waals surface area contributed by atoms with Gasteiger partial charge in [0.15, 0.2) is 5.60 Å². The lowest BCUT2D eigenvalue weighted by atomic mass is 10.1. The SMILES string of the molecule is COC(=O)C(C)(C)Oc1ccc(CCCc2n[nH]c(=O)n2Cc2ccc(C)cc2)cc1. The second kappa shape index (κ2) is 9.64. The van der Waals surface area contributed by atoms with Gasteiger partial charge in [0.2, 0.25) is 0 Å². The van der Waals surface area contributed by atoms with Gasteiger partial charge in [-0.3, -0.25) is 4.57 Å². The molecule has 0 spiro atoms. The molecule has 1 N–H and O–H groups in total. The Kier molecular flexibility index (Phi) is 6.95. The maximum Gasteiger partial charge on any atom is 0.349 e. The van der Waals surface area contributed by atoms with Gasteiger partial charge in [0.05, 0.1) is 13.7 Å². The van der Waals surface area contributed by atoms with Crippen LogP contribution >= 0.6 is 0 Å². The topological polar surface area (TPSA) is 86.2 Å². The smallest absolute Gasteiger partial charge is 0.349 e. The number of H-pyrrole nitrogens is 1. The van der Waals surface area contributed by atoms with Crippen LogP contribution < -0.4 is 10.4 Å².